The molecule has 0 amide bonds. The Hall–Kier alpha value is -2.46. The number of nitrogens with one attached hydrogen (secondary N) is 1. The number of para-hydroxylation sites is 1. The lowest BCUT2D eigenvalue weighted by atomic mass is 10.1. The molecule has 0 atom stereocenters. The van der Waals surface area contributed by atoms with Crippen molar-refractivity contribution < 1.29 is 14.3 Å². The Bertz CT molecular complexity index is 712. The van der Waals surface area contributed by atoms with E-state index in [1.807, 2.05) is 18.2 Å². The van der Waals surface area contributed by atoms with Gasteiger partial charge in [0.2, 0.25) is 6.79 Å². The van der Waals surface area contributed by atoms with Gasteiger partial charge >= 0.3 is 0 Å². The number of halogens is 1. The van der Waals surface area contributed by atoms with E-state index in [9.17, 15) is 4.79 Å². The summed E-state index contributed by atoms with van der Waals surface area (Å²) in [5, 5.41) is 3.57. The molecule has 2 aromatic carbocycles. The van der Waals surface area contributed by atoms with Crippen LogP contribution in [0.4, 0.5) is 5.69 Å². The molecule has 0 aliphatic carbocycles. The van der Waals surface area contributed by atoms with Gasteiger partial charge in [-0.05, 0) is 30.3 Å². The number of allylic oxidation sites excluding steroid dienone is 1. The average Bonchev–Trinajstić information content (AvgIpc) is 2.96. The van der Waals surface area contributed by atoms with Crippen molar-refractivity contribution in [2.45, 2.75) is 0 Å². The van der Waals surface area contributed by atoms with Crippen LogP contribution in [0.1, 0.15) is 10.4 Å². The number of carbonyl (C=O) groups is 1. The molecule has 1 N–H and O–H groups in total. The van der Waals surface area contributed by atoms with Crippen molar-refractivity contribution in [1.82, 2.24) is 0 Å². The highest BCUT2D eigenvalue weighted by atomic mass is 35.5. The molecule has 1 aliphatic heterocycles. The van der Waals surface area contributed by atoms with Crippen LogP contribution < -0.4 is 14.8 Å². The molecule has 0 radical (unpaired) electrons. The topological polar surface area (TPSA) is 47.6 Å². The molecule has 5 heteroatoms. The third-order valence-electron chi connectivity index (χ3n) is 3.00. The summed E-state index contributed by atoms with van der Waals surface area (Å²) >= 11 is 6.01. The lowest BCUT2D eigenvalue weighted by Crippen LogP contribution is -1.96. The first-order valence-corrected chi connectivity index (χ1v) is 6.73. The zero-order valence-electron chi connectivity index (χ0n) is 11.0. The molecule has 1 aliphatic rings. The zero-order valence-corrected chi connectivity index (χ0v) is 11.8. The van der Waals surface area contributed by atoms with Gasteiger partial charge in [0.1, 0.15) is 0 Å². The monoisotopic (exact) mass is 301 g/mol. The largest absolute Gasteiger partial charge is 0.454 e. The van der Waals surface area contributed by atoms with E-state index in [1.165, 1.54) is 6.08 Å². The third-order valence-corrected chi connectivity index (χ3v) is 3.33. The molecule has 0 spiro atoms. The summed E-state index contributed by atoms with van der Waals surface area (Å²) in [7, 11) is 0. The Morgan fingerprint density at radius 1 is 1.14 bits per heavy atom. The van der Waals surface area contributed by atoms with Gasteiger partial charge in [0.25, 0.3) is 0 Å². The molecule has 21 heavy (non-hydrogen) atoms. The first-order chi connectivity index (χ1) is 10.2. The number of ether oxygens (including phenoxy) is 2. The molecule has 0 unspecified atom stereocenters. The van der Waals surface area contributed by atoms with E-state index in [0.29, 0.717) is 22.1 Å². The van der Waals surface area contributed by atoms with Crippen LogP contribution in [0.2, 0.25) is 5.02 Å². The second kappa shape index (κ2) is 5.89. The molecule has 0 bridgehead atoms. The van der Waals surface area contributed by atoms with E-state index in [2.05, 4.69) is 5.32 Å². The van der Waals surface area contributed by atoms with Gasteiger partial charge in [0.05, 0.1) is 10.7 Å². The van der Waals surface area contributed by atoms with Gasteiger partial charge in [0.15, 0.2) is 17.3 Å². The van der Waals surface area contributed by atoms with E-state index in [4.69, 9.17) is 21.1 Å². The molecule has 1 heterocycles. The Morgan fingerprint density at radius 3 is 2.81 bits per heavy atom. The smallest absolute Gasteiger partial charge is 0.231 e. The molecule has 0 aromatic heterocycles. The maximum absolute atomic E-state index is 12.1. The van der Waals surface area contributed by atoms with Gasteiger partial charge in [-0.3, -0.25) is 4.79 Å². The molecule has 0 saturated heterocycles. The molecular formula is C16H12ClNO3. The van der Waals surface area contributed by atoms with Gasteiger partial charge in [-0.15, -0.1) is 0 Å². The summed E-state index contributed by atoms with van der Waals surface area (Å²) < 4.78 is 10.5. The van der Waals surface area contributed by atoms with Crippen molar-refractivity contribution in [3.8, 4) is 11.5 Å². The zero-order chi connectivity index (χ0) is 14.7. The lowest BCUT2D eigenvalue weighted by molar-refractivity contribution is 0.104. The van der Waals surface area contributed by atoms with Crippen LogP contribution in [0.3, 0.4) is 0 Å². The SMILES string of the molecule is O=C(C=CNc1ccccc1Cl)c1ccc2c(c1)OCO2. The predicted octanol–water partition coefficient (Wildman–Crippen LogP) is 3.88. The number of carbonyl (C=O) groups excluding carboxylic acids is 1. The molecule has 2 aromatic rings. The first kappa shape index (κ1) is 13.5. The molecular weight excluding hydrogens is 290 g/mol. The fraction of sp³-hybridized carbons (Fsp3) is 0.0625. The van der Waals surface area contributed by atoms with Crippen molar-refractivity contribution >= 4 is 23.1 Å². The van der Waals surface area contributed by atoms with Crippen molar-refractivity contribution in [1.29, 1.82) is 0 Å². The van der Waals surface area contributed by atoms with E-state index in [0.717, 1.165) is 5.69 Å². The quantitative estimate of drug-likeness (QED) is 0.688. The normalized spacial score (nSPS) is 12.6. The van der Waals surface area contributed by atoms with Gasteiger partial charge in [-0.2, -0.15) is 0 Å². The number of hydrogen-bond acceptors (Lipinski definition) is 4. The minimum Gasteiger partial charge on any atom is -0.454 e. The van der Waals surface area contributed by atoms with Crippen LogP contribution in [0.5, 0.6) is 11.5 Å². The fourth-order valence-electron chi connectivity index (χ4n) is 1.93. The van der Waals surface area contributed by atoms with Gasteiger partial charge in [0, 0.05) is 17.8 Å². The summed E-state index contributed by atoms with van der Waals surface area (Å²) in [6.45, 7) is 0.191. The van der Waals surface area contributed by atoms with Gasteiger partial charge in [-0.25, -0.2) is 0 Å². The average molecular weight is 302 g/mol. The summed E-state index contributed by atoms with van der Waals surface area (Å²) in [5.41, 5.74) is 1.28. The molecule has 0 fully saturated rings. The van der Waals surface area contributed by atoms with Crippen LogP contribution in [-0.4, -0.2) is 12.6 Å². The number of hydrogen-bond donors (Lipinski definition) is 1. The lowest BCUT2D eigenvalue weighted by Gasteiger charge is -2.02. The Morgan fingerprint density at radius 2 is 1.95 bits per heavy atom. The van der Waals surface area contributed by atoms with Crippen LogP contribution in [0, 0.1) is 0 Å². The number of ketones is 1. The van der Waals surface area contributed by atoms with E-state index < -0.39 is 0 Å². The van der Waals surface area contributed by atoms with Crippen LogP contribution >= 0.6 is 11.6 Å². The molecule has 106 valence electrons. The second-order valence-corrected chi connectivity index (χ2v) is 4.80. The van der Waals surface area contributed by atoms with Crippen LogP contribution in [-0.2, 0) is 0 Å². The number of rotatable bonds is 4. The van der Waals surface area contributed by atoms with Crippen molar-refractivity contribution in [3.05, 3.63) is 65.3 Å². The van der Waals surface area contributed by atoms with Crippen LogP contribution in [0.15, 0.2) is 54.7 Å². The van der Waals surface area contributed by atoms with Gasteiger partial charge < -0.3 is 14.8 Å². The number of anilines is 1. The maximum Gasteiger partial charge on any atom is 0.231 e. The number of fused-ring (bicyclic) bond motifs is 1. The third kappa shape index (κ3) is 3.01. The van der Waals surface area contributed by atoms with Crippen molar-refractivity contribution in [2.75, 3.05) is 12.1 Å². The second-order valence-electron chi connectivity index (χ2n) is 4.39. The highest BCUT2D eigenvalue weighted by Gasteiger charge is 2.14. The number of benzene rings is 2. The highest BCUT2D eigenvalue weighted by molar-refractivity contribution is 6.33. The molecule has 4 nitrogen and oxygen atoms in total. The minimum absolute atomic E-state index is 0.132. The summed E-state index contributed by atoms with van der Waals surface area (Å²) in [6, 6.07) is 12.4. The summed E-state index contributed by atoms with van der Waals surface area (Å²) in [6.07, 6.45) is 3.01. The van der Waals surface area contributed by atoms with Crippen molar-refractivity contribution in [2.24, 2.45) is 0 Å². The standard InChI is InChI=1S/C16H12ClNO3/c17-12-3-1-2-4-13(12)18-8-7-14(19)11-5-6-15-16(9-11)21-10-20-15/h1-9,18H,10H2. The first-order valence-electron chi connectivity index (χ1n) is 6.35. The Labute approximate surface area is 126 Å². The van der Waals surface area contributed by atoms with E-state index >= 15 is 0 Å². The minimum atomic E-state index is -0.132. The van der Waals surface area contributed by atoms with Gasteiger partial charge in [-0.1, -0.05) is 23.7 Å². The maximum atomic E-state index is 12.1. The predicted molar refractivity (Wildman–Crippen MR) is 81.1 cm³/mol. The summed E-state index contributed by atoms with van der Waals surface area (Å²) in [5.74, 6) is 1.12. The highest BCUT2D eigenvalue weighted by Crippen LogP contribution is 2.32. The van der Waals surface area contributed by atoms with E-state index in [1.54, 1.807) is 30.5 Å². The Kier molecular flexibility index (Phi) is 3.79. The Balaban J connectivity index is 1.69. The molecule has 0 saturated carbocycles. The van der Waals surface area contributed by atoms with E-state index in [-0.39, 0.29) is 12.6 Å². The summed E-state index contributed by atoms with van der Waals surface area (Å²) in [4.78, 5) is 12.1. The van der Waals surface area contributed by atoms with Crippen LogP contribution in [0.25, 0.3) is 0 Å². The van der Waals surface area contributed by atoms with Crippen molar-refractivity contribution in [3.63, 3.8) is 0 Å². The fourth-order valence-corrected chi connectivity index (χ4v) is 2.12. The molecule has 3 rings (SSSR count).